The summed E-state index contributed by atoms with van der Waals surface area (Å²) in [6.45, 7) is 5.12. The summed E-state index contributed by atoms with van der Waals surface area (Å²) in [5.74, 6) is 0. The van der Waals surface area contributed by atoms with Crippen molar-refractivity contribution >= 4 is 6.08 Å². The van der Waals surface area contributed by atoms with Crippen LogP contribution in [0.1, 0.15) is 44.6 Å². The predicted octanol–water partition coefficient (Wildman–Crippen LogP) is 4.03. The summed E-state index contributed by atoms with van der Waals surface area (Å²) in [7, 11) is 0. The van der Waals surface area contributed by atoms with Crippen molar-refractivity contribution in [1.82, 2.24) is 5.32 Å². The van der Waals surface area contributed by atoms with Crippen LogP contribution in [0.2, 0.25) is 0 Å². The summed E-state index contributed by atoms with van der Waals surface area (Å²) < 4.78 is 6.14. The smallest absolute Gasteiger partial charge is 0.0699 e. The van der Waals surface area contributed by atoms with Gasteiger partial charge >= 0.3 is 0 Å². The van der Waals surface area contributed by atoms with E-state index in [1.165, 1.54) is 31.2 Å². The molecule has 1 aliphatic carbocycles. The van der Waals surface area contributed by atoms with Crippen molar-refractivity contribution in [2.24, 2.45) is 0 Å². The van der Waals surface area contributed by atoms with Crippen LogP contribution in [0.15, 0.2) is 36.4 Å². The molecule has 0 spiro atoms. The second kappa shape index (κ2) is 8.23. The fraction of sp³-hybridized carbons (Fsp3) is 0.556. The highest BCUT2D eigenvalue weighted by Gasteiger charge is 2.36. The van der Waals surface area contributed by atoms with Gasteiger partial charge in [0.2, 0.25) is 0 Å². The molecule has 2 nitrogen and oxygen atoms in total. The fourth-order valence-electron chi connectivity index (χ4n) is 2.63. The topological polar surface area (TPSA) is 21.3 Å². The Kier molecular flexibility index (Phi) is 6.28. The molecule has 0 heterocycles. The lowest BCUT2D eigenvalue weighted by Gasteiger charge is -2.41. The van der Waals surface area contributed by atoms with Crippen molar-refractivity contribution in [3.8, 4) is 0 Å². The molecule has 1 aromatic carbocycles. The lowest BCUT2D eigenvalue weighted by Crippen LogP contribution is -2.42. The number of rotatable bonds is 9. The molecule has 2 heteroatoms. The van der Waals surface area contributed by atoms with Gasteiger partial charge in [-0.1, -0.05) is 49.4 Å². The molecule has 0 unspecified atom stereocenters. The third-order valence-electron chi connectivity index (χ3n) is 4.04. The van der Waals surface area contributed by atoms with Crippen molar-refractivity contribution in [2.45, 2.75) is 44.6 Å². The van der Waals surface area contributed by atoms with E-state index in [1.807, 2.05) is 6.07 Å². The van der Waals surface area contributed by atoms with Gasteiger partial charge in [0, 0.05) is 0 Å². The molecule has 0 aromatic heterocycles. The number of nitrogens with one attached hydrogen (secondary N) is 1. The maximum absolute atomic E-state index is 6.14. The molecule has 0 saturated heterocycles. The van der Waals surface area contributed by atoms with Crippen molar-refractivity contribution < 1.29 is 4.74 Å². The third-order valence-corrected chi connectivity index (χ3v) is 4.04. The van der Waals surface area contributed by atoms with Crippen LogP contribution in [-0.2, 0) is 4.74 Å². The standard InChI is InChI=1S/C18H27NO/c1-2-14-19-15-13-18(11-7-12-18)20-16-6-10-17-8-4-3-5-9-17/h3-6,8-10,19H,2,7,11-16H2,1H3/b10-6+. The maximum Gasteiger partial charge on any atom is 0.0699 e. The molecule has 110 valence electrons. The summed E-state index contributed by atoms with van der Waals surface area (Å²) in [6.07, 6.45) is 10.4. The molecule has 0 amide bonds. The minimum Gasteiger partial charge on any atom is -0.371 e. The third kappa shape index (κ3) is 4.77. The van der Waals surface area contributed by atoms with E-state index in [0.29, 0.717) is 0 Å². The van der Waals surface area contributed by atoms with Crippen LogP contribution < -0.4 is 5.32 Å². The largest absolute Gasteiger partial charge is 0.371 e. The SMILES string of the molecule is CCCNCCC1(OC/C=C/c2ccccc2)CCC1. The summed E-state index contributed by atoms with van der Waals surface area (Å²) in [5, 5.41) is 3.48. The number of hydrogen-bond acceptors (Lipinski definition) is 2. The first kappa shape index (κ1) is 15.3. The van der Waals surface area contributed by atoms with Gasteiger partial charge in [0.25, 0.3) is 0 Å². The van der Waals surface area contributed by atoms with Crippen molar-refractivity contribution in [1.29, 1.82) is 0 Å². The normalized spacial score (nSPS) is 17.2. The van der Waals surface area contributed by atoms with E-state index in [9.17, 15) is 0 Å². The Morgan fingerprint density at radius 1 is 1.20 bits per heavy atom. The molecule has 0 atom stereocenters. The van der Waals surface area contributed by atoms with E-state index in [-0.39, 0.29) is 5.60 Å². The zero-order valence-corrected chi connectivity index (χ0v) is 12.6. The highest BCUT2D eigenvalue weighted by atomic mass is 16.5. The lowest BCUT2D eigenvalue weighted by molar-refractivity contribution is -0.0928. The van der Waals surface area contributed by atoms with Crippen LogP contribution in [0.4, 0.5) is 0 Å². The number of ether oxygens (including phenoxy) is 1. The van der Waals surface area contributed by atoms with E-state index >= 15 is 0 Å². The van der Waals surface area contributed by atoms with Crippen LogP contribution in [0.5, 0.6) is 0 Å². The van der Waals surface area contributed by atoms with Gasteiger partial charge in [0.1, 0.15) is 0 Å². The predicted molar refractivity (Wildman–Crippen MR) is 85.8 cm³/mol. The molecule has 0 aliphatic heterocycles. The fourth-order valence-corrected chi connectivity index (χ4v) is 2.63. The molecule has 0 bridgehead atoms. The molecule has 1 aromatic rings. The van der Waals surface area contributed by atoms with Crippen LogP contribution in [0.3, 0.4) is 0 Å². The van der Waals surface area contributed by atoms with E-state index < -0.39 is 0 Å². The summed E-state index contributed by atoms with van der Waals surface area (Å²) in [6, 6.07) is 10.4. The summed E-state index contributed by atoms with van der Waals surface area (Å²) in [4.78, 5) is 0. The van der Waals surface area contributed by atoms with Crippen LogP contribution >= 0.6 is 0 Å². The van der Waals surface area contributed by atoms with Crippen LogP contribution in [0, 0.1) is 0 Å². The Bertz CT molecular complexity index is 395. The number of benzene rings is 1. The average Bonchev–Trinajstić information content (AvgIpc) is 2.45. The molecule has 1 fully saturated rings. The Balaban J connectivity index is 1.69. The molecular weight excluding hydrogens is 246 g/mol. The Morgan fingerprint density at radius 2 is 2.00 bits per heavy atom. The molecule has 2 rings (SSSR count). The van der Waals surface area contributed by atoms with Crippen LogP contribution in [-0.4, -0.2) is 25.3 Å². The van der Waals surface area contributed by atoms with Crippen molar-refractivity contribution in [3.63, 3.8) is 0 Å². The van der Waals surface area contributed by atoms with Crippen molar-refractivity contribution in [2.75, 3.05) is 19.7 Å². The van der Waals surface area contributed by atoms with Gasteiger partial charge in [0.05, 0.1) is 12.2 Å². The van der Waals surface area contributed by atoms with Gasteiger partial charge in [-0.2, -0.15) is 0 Å². The van der Waals surface area contributed by atoms with E-state index in [4.69, 9.17) is 4.74 Å². The lowest BCUT2D eigenvalue weighted by atomic mass is 9.77. The quantitative estimate of drug-likeness (QED) is 0.686. The van der Waals surface area contributed by atoms with Gasteiger partial charge in [-0.25, -0.2) is 0 Å². The van der Waals surface area contributed by atoms with Crippen LogP contribution in [0.25, 0.3) is 6.08 Å². The molecule has 1 N–H and O–H groups in total. The average molecular weight is 273 g/mol. The van der Waals surface area contributed by atoms with E-state index in [2.05, 4.69) is 48.7 Å². The Labute approximate surface area is 123 Å². The van der Waals surface area contributed by atoms with Gasteiger partial charge in [-0.3, -0.25) is 0 Å². The molecule has 1 aliphatic rings. The molecule has 20 heavy (non-hydrogen) atoms. The molecule has 1 saturated carbocycles. The maximum atomic E-state index is 6.14. The first-order valence-corrected chi connectivity index (χ1v) is 7.91. The summed E-state index contributed by atoms with van der Waals surface area (Å²) >= 11 is 0. The zero-order valence-electron chi connectivity index (χ0n) is 12.6. The highest BCUT2D eigenvalue weighted by Crippen LogP contribution is 2.38. The van der Waals surface area contributed by atoms with Gasteiger partial charge < -0.3 is 10.1 Å². The van der Waals surface area contributed by atoms with Gasteiger partial charge in [-0.15, -0.1) is 0 Å². The second-order valence-corrected chi connectivity index (χ2v) is 5.66. The van der Waals surface area contributed by atoms with Crippen molar-refractivity contribution in [3.05, 3.63) is 42.0 Å². The first-order valence-electron chi connectivity index (χ1n) is 7.91. The molecular formula is C18H27NO. The zero-order chi connectivity index (χ0) is 14.1. The minimum atomic E-state index is 0.155. The Hall–Kier alpha value is -1.12. The number of hydrogen-bond donors (Lipinski definition) is 1. The van der Waals surface area contributed by atoms with E-state index in [0.717, 1.165) is 26.1 Å². The summed E-state index contributed by atoms with van der Waals surface area (Å²) in [5.41, 5.74) is 1.39. The van der Waals surface area contributed by atoms with Gasteiger partial charge in [-0.05, 0) is 50.8 Å². The molecule has 0 radical (unpaired) electrons. The monoisotopic (exact) mass is 273 g/mol. The first-order chi connectivity index (χ1) is 9.85. The minimum absolute atomic E-state index is 0.155. The van der Waals surface area contributed by atoms with E-state index in [1.54, 1.807) is 0 Å². The Morgan fingerprint density at radius 3 is 2.65 bits per heavy atom. The highest BCUT2D eigenvalue weighted by molar-refractivity contribution is 5.48. The second-order valence-electron chi connectivity index (χ2n) is 5.66. The van der Waals surface area contributed by atoms with Gasteiger partial charge in [0.15, 0.2) is 0 Å².